The van der Waals surface area contributed by atoms with Gasteiger partial charge in [-0.2, -0.15) is 0 Å². The number of hydrogen-bond donors (Lipinski definition) is 4. The van der Waals surface area contributed by atoms with E-state index in [1.165, 1.54) is 21.3 Å². The number of fused-ring (bicyclic) bond motifs is 6. The number of benzene rings is 3. The normalized spacial score (nSPS) is 20.8. The van der Waals surface area contributed by atoms with Gasteiger partial charge < -0.3 is 54.1 Å². The maximum atomic E-state index is 14.0. The minimum atomic E-state index is -0.963. The van der Waals surface area contributed by atoms with Crippen LogP contribution in [0.3, 0.4) is 0 Å². The van der Waals surface area contributed by atoms with E-state index in [2.05, 4.69) is 57.0 Å². The number of nitrogens with one attached hydrogen (secondary N) is 4. The third-order valence-electron chi connectivity index (χ3n) is 12.9. The van der Waals surface area contributed by atoms with Gasteiger partial charge in [0.15, 0.2) is 0 Å². The Labute approximate surface area is 365 Å². The molecule has 0 radical (unpaired) electrons. The van der Waals surface area contributed by atoms with E-state index in [4.69, 9.17) is 33.7 Å². The molecule has 2 fully saturated rings. The molecule has 0 spiro atoms. The summed E-state index contributed by atoms with van der Waals surface area (Å²) in [6.45, 7) is 8.82. The number of ether oxygens (including phenoxy) is 5. The first kappa shape index (κ1) is 43.4. The van der Waals surface area contributed by atoms with E-state index in [-0.39, 0.29) is 41.8 Å². The van der Waals surface area contributed by atoms with Crippen molar-refractivity contribution >= 4 is 45.8 Å². The van der Waals surface area contributed by atoms with Gasteiger partial charge >= 0.3 is 12.2 Å². The number of likely N-dealkylation sites (tertiary alicyclic amines) is 2. The van der Waals surface area contributed by atoms with E-state index in [0.717, 1.165) is 68.3 Å². The number of carbonyl (C=O) groups is 4. The quantitative estimate of drug-likeness (QED) is 0.108. The first-order valence-corrected chi connectivity index (χ1v) is 21.4. The van der Waals surface area contributed by atoms with Gasteiger partial charge in [-0.25, -0.2) is 19.6 Å². The molecule has 5 heterocycles. The molecule has 3 unspecified atom stereocenters. The number of rotatable bonds is 12. The van der Waals surface area contributed by atoms with Crippen LogP contribution in [0.25, 0.3) is 44.2 Å². The summed E-state index contributed by atoms with van der Waals surface area (Å²) >= 11 is 0. The molecule has 8 rings (SSSR count). The third-order valence-corrected chi connectivity index (χ3v) is 12.9. The third kappa shape index (κ3) is 8.26. The summed E-state index contributed by atoms with van der Waals surface area (Å²) in [6, 6.07) is 12.1. The molecule has 2 saturated heterocycles. The summed E-state index contributed by atoms with van der Waals surface area (Å²) < 4.78 is 27.0. The molecule has 0 saturated carbocycles. The van der Waals surface area contributed by atoms with Crippen LogP contribution in [0.15, 0.2) is 48.7 Å². The van der Waals surface area contributed by atoms with E-state index < -0.39 is 30.4 Å². The molecular weight excluding hydrogens is 809 g/mol. The Morgan fingerprint density at radius 1 is 0.873 bits per heavy atom. The van der Waals surface area contributed by atoms with Gasteiger partial charge in [-0.05, 0) is 85.4 Å². The number of nitrogens with zero attached hydrogens (tertiary/aromatic N) is 4. The number of amides is 4. The molecule has 2 aromatic heterocycles. The molecule has 3 aliphatic heterocycles. The van der Waals surface area contributed by atoms with Gasteiger partial charge in [-0.3, -0.25) is 9.59 Å². The average Bonchev–Trinajstić information content (AvgIpc) is 4.11. The summed E-state index contributed by atoms with van der Waals surface area (Å²) in [7, 11) is 5.68. The fraction of sp³-hybridized carbons (Fsp3) is 0.478. The minimum Gasteiger partial charge on any atom is -0.488 e. The van der Waals surface area contributed by atoms with E-state index in [1.54, 1.807) is 25.1 Å². The van der Waals surface area contributed by atoms with Crippen LogP contribution < -0.4 is 15.4 Å². The topological polar surface area (TPSA) is 202 Å². The highest BCUT2D eigenvalue weighted by Crippen LogP contribution is 2.44. The number of carbonyl (C=O) groups excluding carboxylic acids is 4. The molecular formula is C46H56N8O9. The van der Waals surface area contributed by atoms with Gasteiger partial charge in [-0.1, -0.05) is 32.0 Å². The number of aromatic nitrogens is 4. The van der Waals surface area contributed by atoms with Crippen LogP contribution in [0.5, 0.6) is 5.75 Å². The van der Waals surface area contributed by atoms with Crippen molar-refractivity contribution in [1.82, 2.24) is 40.4 Å². The standard InChI is InChI=1S/C46H56N8O9/c1-23(2)38(51-45(57)61-7)44(56)54-24(3)9-14-35(54)42-48-33-13-11-27-17-32-30-12-10-28(16-29(30)22-63-37(32)18-31(27)40(33)50-42)34-19-47-41(49-34)36-15-26(21-59-5)20-53(36)43(55)39(25(4)60-6)52-46(58)62-8/h10-13,16-19,23-26,35-36,38-39H,9,14-15,20-22H2,1-8H3,(H,47,49)(H,48,50)(H,51,57)(H,52,58)/t24-,25+,26?,35-,36-,38?,39?/m0/s1. The molecule has 334 valence electrons. The molecule has 0 bridgehead atoms. The Morgan fingerprint density at radius 3 is 2.35 bits per heavy atom. The summed E-state index contributed by atoms with van der Waals surface area (Å²) in [5.41, 5.74) is 6.43. The van der Waals surface area contributed by atoms with E-state index in [9.17, 15) is 19.2 Å². The first-order valence-electron chi connectivity index (χ1n) is 21.4. The van der Waals surface area contributed by atoms with E-state index in [1.807, 2.05) is 31.7 Å². The highest BCUT2D eigenvalue weighted by atomic mass is 16.5. The second-order valence-electron chi connectivity index (χ2n) is 17.2. The minimum absolute atomic E-state index is 0.0341. The average molecular weight is 865 g/mol. The van der Waals surface area contributed by atoms with Crippen molar-refractivity contribution in [2.75, 3.05) is 41.6 Å². The SMILES string of the molecule is COCC1C[C@@H](c2ncc(-c3ccc4c(c3)COc3cc5c(ccc6nc([C@@H]7CC[C@H](C)N7C(=O)C(NC(=O)OC)C(C)C)[nH]c65)cc3-4)[nH]2)N(C(=O)C(NC(=O)OC)[C@@H](C)OC)C1. The molecule has 4 N–H and O–H groups in total. The van der Waals surface area contributed by atoms with Crippen molar-refractivity contribution in [2.24, 2.45) is 11.8 Å². The molecule has 0 aliphatic carbocycles. The number of methoxy groups -OCH3 is 4. The Bertz CT molecular complexity index is 2540. The van der Waals surface area contributed by atoms with Crippen molar-refractivity contribution in [3.8, 4) is 28.1 Å². The number of imidazole rings is 2. The summed E-state index contributed by atoms with van der Waals surface area (Å²) in [5.74, 6) is 1.57. The largest absolute Gasteiger partial charge is 0.488 e. The molecule has 17 nitrogen and oxygen atoms in total. The van der Waals surface area contributed by atoms with E-state index >= 15 is 0 Å². The second-order valence-corrected chi connectivity index (χ2v) is 17.2. The van der Waals surface area contributed by atoms with E-state index in [0.29, 0.717) is 37.8 Å². The van der Waals surface area contributed by atoms with Crippen molar-refractivity contribution in [3.63, 3.8) is 0 Å². The van der Waals surface area contributed by atoms with Crippen LogP contribution in [0.2, 0.25) is 0 Å². The lowest BCUT2D eigenvalue weighted by Crippen LogP contribution is -2.54. The smallest absolute Gasteiger partial charge is 0.407 e. The zero-order valence-electron chi connectivity index (χ0n) is 36.9. The maximum absolute atomic E-state index is 14.0. The molecule has 4 amide bonds. The second kappa shape index (κ2) is 17.9. The maximum Gasteiger partial charge on any atom is 0.407 e. The number of H-pyrrole nitrogens is 2. The molecule has 5 aromatic rings. The zero-order chi connectivity index (χ0) is 44.7. The highest BCUT2D eigenvalue weighted by Gasteiger charge is 2.43. The van der Waals surface area contributed by atoms with Gasteiger partial charge in [0.25, 0.3) is 0 Å². The van der Waals surface area contributed by atoms with Crippen molar-refractivity contribution < 1.29 is 42.9 Å². The van der Waals surface area contributed by atoms with Crippen molar-refractivity contribution in [3.05, 3.63) is 65.9 Å². The van der Waals surface area contributed by atoms with Crippen LogP contribution in [-0.4, -0.2) is 120 Å². The van der Waals surface area contributed by atoms with Gasteiger partial charge in [-0.15, -0.1) is 0 Å². The first-order chi connectivity index (χ1) is 30.3. The predicted octanol–water partition coefficient (Wildman–Crippen LogP) is 6.39. The lowest BCUT2D eigenvalue weighted by Gasteiger charge is -2.32. The summed E-state index contributed by atoms with van der Waals surface area (Å²) in [4.78, 5) is 72.8. The van der Waals surface area contributed by atoms with Crippen LogP contribution >= 0.6 is 0 Å². The molecule has 7 atom stereocenters. The van der Waals surface area contributed by atoms with Crippen LogP contribution in [0.4, 0.5) is 9.59 Å². The van der Waals surface area contributed by atoms with Crippen LogP contribution in [0.1, 0.15) is 76.3 Å². The Hall–Kier alpha value is -6.20. The molecule has 3 aromatic carbocycles. The van der Waals surface area contributed by atoms with Crippen molar-refractivity contribution in [2.45, 2.75) is 89.9 Å². The number of aromatic amines is 2. The fourth-order valence-corrected chi connectivity index (χ4v) is 9.44. The lowest BCUT2D eigenvalue weighted by molar-refractivity contribution is -0.138. The van der Waals surface area contributed by atoms with Crippen molar-refractivity contribution in [1.29, 1.82) is 0 Å². The van der Waals surface area contributed by atoms with Crippen LogP contribution in [-0.2, 0) is 35.1 Å². The summed E-state index contributed by atoms with van der Waals surface area (Å²) in [5, 5.41) is 7.35. The number of hydrogen-bond acceptors (Lipinski definition) is 11. The Balaban J connectivity index is 1.05. The zero-order valence-corrected chi connectivity index (χ0v) is 36.9. The number of alkyl carbamates (subject to hydrolysis) is 2. The van der Waals surface area contributed by atoms with Gasteiger partial charge in [0.1, 0.15) is 36.1 Å². The highest BCUT2D eigenvalue weighted by molar-refractivity contribution is 6.07. The fourth-order valence-electron chi connectivity index (χ4n) is 9.44. The van der Waals surface area contributed by atoms with Crippen LogP contribution in [0, 0.1) is 11.8 Å². The van der Waals surface area contributed by atoms with Gasteiger partial charge in [0.05, 0.1) is 61.9 Å². The lowest BCUT2D eigenvalue weighted by atomic mass is 9.92. The Morgan fingerprint density at radius 2 is 1.63 bits per heavy atom. The predicted molar refractivity (Wildman–Crippen MR) is 234 cm³/mol. The molecule has 17 heteroatoms. The Kier molecular flexibility index (Phi) is 12.3. The van der Waals surface area contributed by atoms with Gasteiger partial charge in [0, 0.05) is 43.7 Å². The monoisotopic (exact) mass is 864 g/mol. The molecule has 3 aliphatic rings. The molecule has 63 heavy (non-hydrogen) atoms. The van der Waals surface area contributed by atoms with Gasteiger partial charge in [0.2, 0.25) is 11.8 Å². The summed E-state index contributed by atoms with van der Waals surface area (Å²) in [6.07, 6.45) is 1.99.